The second kappa shape index (κ2) is 10.3. The zero-order valence-corrected chi connectivity index (χ0v) is 15.7. The van der Waals surface area contributed by atoms with Gasteiger partial charge in [0.2, 0.25) is 0 Å². The van der Waals surface area contributed by atoms with E-state index in [4.69, 9.17) is 22.1 Å². The number of hydrogen-bond acceptors (Lipinski definition) is 4. The topological polar surface area (TPSA) is 82.2 Å². The van der Waals surface area contributed by atoms with Crippen molar-refractivity contribution in [2.45, 2.75) is 13.5 Å². The number of imidazole rings is 1. The molecule has 0 radical (unpaired) electrons. The van der Waals surface area contributed by atoms with Gasteiger partial charge in [0, 0.05) is 31.5 Å². The fourth-order valence-electron chi connectivity index (χ4n) is 2.10. The maximum absolute atomic E-state index is 12.3. The number of hydrogen-bond donors (Lipinski definition) is 2. The molecule has 1 unspecified atom stereocenters. The Balaban J connectivity index is 0.00000264. The highest BCUT2D eigenvalue weighted by atomic mass is 35.5. The largest absolute Gasteiger partial charge is 0.496 e. The summed E-state index contributed by atoms with van der Waals surface area (Å²) in [5, 5.41) is 3.21. The first-order valence-corrected chi connectivity index (χ1v) is 7.26. The number of benzene rings is 1. The number of nitrogens with two attached hydrogens (primary N) is 1. The molecule has 0 aliphatic rings. The predicted molar refractivity (Wildman–Crippen MR) is 101 cm³/mol. The number of rotatable bonds is 6. The minimum Gasteiger partial charge on any atom is -0.496 e. The van der Waals surface area contributed by atoms with Crippen molar-refractivity contribution in [1.29, 1.82) is 0 Å². The molecule has 1 atom stereocenters. The zero-order valence-electron chi connectivity index (χ0n) is 13.4. The van der Waals surface area contributed by atoms with Crippen LogP contribution in [0.2, 0.25) is 5.02 Å². The first kappa shape index (κ1) is 22.4. The molecule has 0 bridgehead atoms. The second-order valence-corrected chi connectivity index (χ2v) is 5.56. The smallest absolute Gasteiger partial charge is 0.255 e. The summed E-state index contributed by atoms with van der Waals surface area (Å²) in [4.78, 5) is 16.3. The van der Waals surface area contributed by atoms with Gasteiger partial charge < -0.3 is 20.4 Å². The van der Waals surface area contributed by atoms with E-state index in [0.717, 1.165) is 6.54 Å². The van der Waals surface area contributed by atoms with Gasteiger partial charge in [0.1, 0.15) is 5.75 Å². The van der Waals surface area contributed by atoms with E-state index in [1.165, 1.54) is 13.2 Å². The standard InChI is InChI=1S/C15H19ClN4O2.2ClH/c1-10(8-20-4-3-18-9-20)7-19-15(21)11-5-12(16)13(17)6-14(11)22-2;;/h3-6,9-10H,7-8,17H2,1-2H3,(H,19,21);2*1H. The fourth-order valence-corrected chi connectivity index (χ4v) is 2.26. The SMILES string of the molecule is COc1cc(N)c(Cl)cc1C(=O)NCC(C)Cn1ccnc1.Cl.Cl. The van der Waals surface area contributed by atoms with Crippen molar-refractivity contribution in [3.8, 4) is 5.75 Å². The normalized spacial score (nSPS) is 11.0. The number of carbonyl (C=O) groups is 1. The molecule has 9 heteroatoms. The number of amides is 1. The van der Waals surface area contributed by atoms with Crippen LogP contribution >= 0.6 is 36.4 Å². The summed E-state index contributed by atoms with van der Waals surface area (Å²) >= 11 is 5.97. The third kappa shape index (κ3) is 5.78. The molecular formula is C15H21Cl3N4O2. The second-order valence-electron chi connectivity index (χ2n) is 5.15. The van der Waals surface area contributed by atoms with Crippen molar-refractivity contribution in [2.24, 2.45) is 5.92 Å². The number of anilines is 1. The number of nitrogens with one attached hydrogen (secondary N) is 1. The summed E-state index contributed by atoms with van der Waals surface area (Å²) in [7, 11) is 1.49. The molecule has 134 valence electrons. The highest BCUT2D eigenvalue weighted by Gasteiger charge is 2.15. The average molecular weight is 396 g/mol. The van der Waals surface area contributed by atoms with Crippen molar-refractivity contribution in [1.82, 2.24) is 14.9 Å². The maximum Gasteiger partial charge on any atom is 0.255 e. The molecule has 1 aromatic heterocycles. The van der Waals surface area contributed by atoms with E-state index in [2.05, 4.69) is 10.3 Å². The van der Waals surface area contributed by atoms with E-state index < -0.39 is 0 Å². The molecule has 0 aliphatic carbocycles. The van der Waals surface area contributed by atoms with Gasteiger partial charge in [-0.1, -0.05) is 18.5 Å². The summed E-state index contributed by atoms with van der Waals surface area (Å²) < 4.78 is 7.15. The van der Waals surface area contributed by atoms with Crippen LogP contribution in [0.3, 0.4) is 0 Å². The van der Waals surface area contributed by atoms with Gasteiger partial charge in [0.05, 0.1) is 29.7 Å². The quantitative estimate of drug-likeness (QED) is 0.737. The first-order valence-electron chi connectivity index (χ1n) is 6.88. The Morgan fingerprint density at radius 2 is 2.17 bits per heavy atom. The Kier molecular flexibility index (Phi) is 9.58. The molecule has 6 nitrogen and oxygen atoms in total. The van der Waals surface area contributed by atoms with E-state index in [0.29, 0.717) is 28.6 Å². The molecule has 0 spiro atoms. The van der Waals surface area contributed by atoms with Crippen LogP contribution in [-0.4, -0.2) is 29.1 Å². The third-order valence-electron chi connectivity index (χ3n) is 3.26. The molecule has 2 aromatic rings. The number of methoxy groups -OCH3 is 1. The van der Waals surface area contributed by atoms with Crippen LogP contribution in [0.15, 0.2) is 30.9 Å². The maximum atomic E-state index is 12.3. The van der Waals surface area contributed by atoms with Crippen LogP contribution in [0.25, 0.3) is 0 Å². The van der Waals surface area contributed by atoms with E-state index in [1.54, 1.807) is 18.6 Å². The number of halogens is 3. The van der Waals surface area contributed by atoms with Crippen LogP contribution in [0, 0.1) is 5.92 Å². The van der Waals surface area contributed by atoms with E-state index in [9.17, 15) is 4.79 Å². The van der Waals surface area contributed by atoms with Crippen LogP contribution in [-0.2, 0) is 6.54 Å². The summed E-state index contributed by atoms with van der Waals surface area (Å²) in [6, 6.07) is 3.07. The molecule has 0 saturated heterocycles. The Labute approximate surface area is 158 Å². The number of carbonyl (C=O) groups excluding carboxylic acids is 1. The molecule has 0 saturated carbocycles. The number of ether oxygens (including phenoxy) is 1. The number of aromatic nitrogens is 2. The van der Waals surface area contributed by atoms with Gasteiger partial charge in [-0.3, -0.25) is 4.79 Å². The number of nitrogen functional groups attached to an aromatic ring is 1. The van der Waals surface area contributed by atoms with Crippen LogP contribution in [0.4, 0.5) is 5.69 Å². The highest BCUT2D eigenvalue weighted by molar-refractivity contribution is 6.33. The summed E-state index contributed by atoms with van der Waals surface area (Å²) in [6.07, 6.45) is 5.37. The minimum atomic E-state index is -0.240. The minimum absolute atomic E-state index is 0. The average Bonchev–Trinajstić information content (AvgIpc) is 3.00. The summed E-state index contributed by atoms with van der Waals surface area (Å²) in [5.41, 5.74) is 6.46. The van der Waals surface area contributed by atoms with Crippen LogP contribution in [0.1, 0.15) is 17.3 Å². The van der Waals surface area contributed by atoms with Gasteiger partial charge in [0.15, 0.2) is 0 Å². The van der Waals surface area contributed by atoms with E-state index >= 15 is 0 Å². The summed E-state index contributed by atoms with van der Waals surface area (Å²) in [5.74, 6) is 0.422. The van der Waals surface area contributed by atoms with Crippen molar-refractivity contribution in [3.05, 3.63) is 41.4 Å². The van der Waals surface area contributed by atoms with Crippen molar-refractivity contribution >= 4 is 48.0 Å². The molecule has 1 amide bonds. The predicted octanol–water partition coefficient (Wildman–Crippen LogP) is 3.04. The molecule has 24 heavy (non-hydrogen) atoms. The van der Waals surface area contributed by atoms with Crippen LogP contribution < -0.4 is 15.8 Å². The van der Waals surface area contributed by atoms with Gasteiger partial charge in [-0.2, -0.15) is 0 Å². The van der Waals surface area contributed by atoms with Gasteiger partial charge >= 0.3 is 0 Å². The van der Waals surface area contributed by atoms with Gasteiger partial charge in [-0.05, 0) is 12.0 Å². The van der Waals surface area contributed by atoms with Gasteiger partial charge in [-0.15, -0.1) is 24.8 Å². The van der Waals surface area contributed by atoms with E-state index in [1.807, 2.05) is 17.7 Å². The summed E-state index contributed by atoms with van der Waals surface area (Å²) in [6.45, 7) is 3.36. The molecule has 1 heterocycles. The first-order chi connectivity index (χ1) is 10.5. The lowest BCUT2D eigenvalue weighted by Gasteiger charge is -2.15. The lowest BCUT2D eigenvalue weighted by Crippen LogP contribution is -2.30. The van der Waals surface area contributed by atoms with Crippen molar-refractivity contribution in [3.63, 3.8) is 0 Å². The molecule has 1 aromatic carbocycles. The Bertz CT molecular complexity index is 650. The van der Waals surface area contributed by atoms with Gasteiger partial charge in [0.25, 0.3) is 5.91 Å². The Hall–Kier alpha value is -1.63. The lowest BCUT2D eigenvalue weighted by molar-refractivity contribution is 0.0944. The van der Waals surface area contributed by atoms with Gasteiger partial charge in [-0.25, -0.2) is 4.98 Å². The zero-order chi connectivity index (χ0) is 16.1. The Morgan fingerprint density at radius 1 is 1.46 bits per heavy atom. The monoisotopic (exact) mass is 394 g/mol. The van der Waals surface area contributed by atoms with Crippen molar-refractivity contribution in [2.75, 3.05) is 19.4 Å². The van der Waals surface area contributed by atoms with Crippen molar-refractivity contribution < 1.29 is 9.53 Å². The molecule has 3 N–H and O–H groups in total. The molecule has 0 aliphatic heterocycles. The molecule has 2 rings (SSSR count). The Morgan fingerprint density at radius 3 is 2.75 bits per heavy atom. The highest BCUT2D eigenvalue weighted by Crippen LogP contribution is 2.28. The molecule has 0 fully saturated rings. The number of nitrogens with zero attached hydrogens (tertiary/aromatic N) is 2. The molecular weight excluding hydrogens is 375 g/mol. The third-order valence-corrected chi connectivity index (χ3v) is 3.58. The van der Waals surface area contributed by atoms with E-state index in [-0.39, 0.29) is 36.6 Å². The lowest BCUT2D eigenvalue weighted by atomic mass is 10.1. The van der Waals surface area contributed by atoms with Crippen LogP contribution in [0.5, 0.6) is 5.75 Å². The fraction of sp³-hybridized carbons (Fsp3) is 0.333.